The Balaban J connectivity index is 1.70. The SMILES string of the molecule is COc1ccc(-c2cc3[nH]cnc3c(O[C@H](C)C3CNC(=O)C3)n2)cc1OC. The summed E-state index contributed by atoms with van der Waals surface area (Å²) in [6, 6.07) is 7.54. The minimum Gasteiger partial charge on any atom is -0.493 e. The molecule has 1 aromatic carbocycles. The van der Waals surface area contributed by atoms with Crippen LogP contribution in [0.1, 0.15) is 13.3 Å². The van der Waals surface area contributed by atoms with E-state index in [2.05, 4.69) is 15.3 Å². The number of amides is 1. The number of ether oxygens (including phenoxy) is 3. The maximum atomic E-state index is 11.5. The van der Waals surface area contributed by atoms with E-state index >= 15 is 0 Å². The molecule has 0 radical (unpaired) electrons. The number of carbonyl (C=O) groups is 1. The number of nitrogens with zero attached hydrogens (tertiary/aromatic N) is 2. The average Bonchev–Trinajstić information content (AvgIpc) is 3.36. The highest BCUT2D eigenvalue weighted by molar-refractivity contribution is 5.84. The van der Waals surface area contributed by atoms with Crippen molar-refractivity contribution in [3.8, 4) is 28.6 Å². The molecule has 4 rings (SSSR count). The summed E-state index contributed by atoms with van der Waals surface area (Å²) in [5, 5.41) is 2.84. The Bertz CT molecular complexity index is 1020. The van der Waals surface area contributed by atoms with Gasteiger partial charge in [0.15, 0.2) is 17.0 Å². The normalized spacial score (nSPS) is 17.4. The monoisotopic (exact) mass is 382 g/mol. The van der Waals surface area contributed by atoms with Crippen molar-refractivity contribution >= 4 is 16.9 Å². The van der Waals surface area contributed by atoms with E-state index in [-0.39, 0.29) is 17.9 Å². The quantitative estimate of drug-likeness (QED) is 0.680. The fraction of sp³-hybridized carbons (Fsp3) is 0.350. The number of aromatic amines is 1. The number of benzene rings is 1. The number of pyridine rings is 1. The van der Waals surface area contributed by atoms with Gasteiger partial charge in [-0.1, -0.05) is 0 Å². The minimum absolute atomic E-state index is 0.0532. The summed E-state index contributed by atoms with van der Waals surface area (Å²) in [4.78, 5) is 23.7. The molecule has 1 aliphatic heterocycles. The number of aromatic nitrogens is 3. The van der Waals surface area contributed by atoms with Crippen LogP contribution in [-0.4, -0.2) is 47.7 Å². The van der Waals surface area contributed by atoms with Crippen molar-refractivity contribution in [1.82, 2.24) is 20.3 Å². The average molecular weight is 382 g/mol. The van der Waals surface area contributed by atoms with Crippen LogP contribution in [-0.2, 0) is 4.79 Å². The molecule has 3 heterocycles. The van der Waals surface area contributed by atoms with Crippen molar-refractivity contribution in [2.75, 3.05) is 20.8 Å². The largest absolute Gasteiger partial charge is 0.493 e. The minimum atomic E-state index is -0.174. The summed E-state index contributed by atoms with van der Waals surface area (Å²) in [5.74, 6) is 1.87. The molecule has 28 heavy (non-hydrogen) atoms. The number of hydrogen-bond donors (Lipinski definition) is 2. The molecule has 0 bridgehead atoms. The van der Waals surface area contributed by atoms with Crippen LogP contribution < -0.4 is 19.5 Å². The summed E-state index contributed by atoms with van der Waals surface area (Å²) in [7, 11) is 3.20. The topological polar surface area (TPSA) is 98.4 Å². The van der Waals surface area contributed by atoms with Crippen molar-refractivity contribution in [3.05, 3.63) is 30.6 Å². The second-order valence-electron chi connectivity index (χ2n) is 6.77. The van der Waals surface area contributed by atoms with Gasteiger partial charge >= 0.3 is 0 Å². The molecule has 2 aromatic heterocycles. The van der Waals surface area contributed by atoms with Gasteiger partial charge < -0.3 is 24.5 Å². The lowest BCUT2D eigenvalue weighted by Crippen LogP contribution is -2.26. The Hall–Kier alpha value is -3.29. The Kier molecular flexibility index (Phi) is 4.77. The molecule has 1 aliphatic rings. The van der Waals surface area contributed by atoms with E-state index in [0.29, 0.717) is 35.9 Å². The van der Waals surface area contributed by atoms with Gasteiger partial charge in [-0.2, -0.15) is 0 Å². The number of rotatable bonds is 6. The Morgan fingerprint density at radius 3 is 2.71 bits per heavy atom. The van der Waals surface area contributed by atoms with Crippen LogP contribution in [0, 0.1) is 5.92 Å². The molecule has 8 nitrogen and oxygen atoms in total. The zero-order valence-electron chi connectivity index (χ0n) is 16.0. The molecule has 1 saturated heterocycles. The van der Waals surface area contributed by atoms with Crippen LogP contribution in [0.25, 0.3) is 22.3 Å². The maximum absolute atomic E-state index is 11.5. The summed E-state index contributed by atoms with van der Waals surface area (Å²) < 4.78 is 16.8. The van der Waals surface area contributed by atoms with Gasteiger partial charge in [0, 0.05) is 24.4 Å². The number of hydrogen-bond acceptors (Lipinski definition) is 6. The highest BCUT2D eigenvalue weighted by atomic mass is 16.5. The first-order valence-corrected chi connectivity index (χ1v) is 9.09. The lowest BCUT2D eigenvalue weighted by atomic mass is 10.0. The zero-order chi connectivity index (χ0) is 19.7. The molecule has 8 heteroatoms. The third-order valence-corrected chi connectivity index (χ3v) is 5.02. The Morgan fingerprint density at radius 2 is 2.00 bits per heavy atom. The van der Waals surface area contributed by atoms with Crippen molar-refractivity contribution in [2.24, 2.45) is 5.92 Å². The zero-order valence-corrected chi connectivity index (χ0v) is 16.0. The Labute approximate surface area is 162 Å². The molecule has 1 unspecified atom stereocenters. The van der Waals surface area contributed by atoms with Crippen molar-refractivity contribution in [2.45, 2.75) is 19.4 Å². The molecule has 0 aliphatic carbocycles. The van der Waals surface area contributed by atoms with Gasteiger partial charge in [0.2, 0.25) is 11.8 Å². The molecule has 2 N–H and O–H groups in total. The summed E-state index contributed by atoms with van der Waals surface area (Å²) in [6.07, 6.45) is 1.90. The van der Waals surface area contributed by atoms with Crippen LogP contribution in [0.5, 0.6) is 17.4 Å². The number of carbonyl (C=O) groups excluding carboxylic acids is 1. The predicted octanol–water partition coefficient (Wildman–Crippen LogP) is 2.55. The van der Waals surface area contributed by atoms with Crippen LogP contribution in [0.3, 0.4) is 0 Å². The van der Waals surface area contributed by atoms with E-state index in [0.717, 1.165) is 16.8 Å². The third-order valence-electron chi connectivity index (χ3n) is 5.02. The summed E-state index contributed by atoms with van der Waals surface area (Å²) >= 11 is 0. The van der Waals surface area contributed by atoms with E-state index in [1.807, 2.05) is 31.2 Å². The van der Waals surface area contributed by atoms with Crippen molar-refractivity contribution in [3.63, 3.8) is 0 Å². The first kappa shape index (κ1) is 18.1. The van der Waals surface area contributed by atoms with Gasteiger partial charge in [0.05, 0.1) is 31.8 Å². The predicted molar refractivity (Wildman–Crippen MR) is 104 cm³/mol. The van der Waals surface area contributed by atoms with Gasteiger partial charge in [-0.3, -0.25) is 4.79 Å². The molecule has 1 fully saturated rings. The number of nitrogens with one attached hydrogen (secondary N) is 2. The van der Waals surface area contributed by atoms with E-state index in [1.54, 1.807) is 20.5 Å². The van der Waals surface area contributed by atoms with Gasteiger partial charge in [-0.15, -0.1) is 0 Å². The molecule has 0 saturated carbocycles. The summed E-state index contributed by atoms with van der Waals surface area (Å²) in [6.45, 7) is 2.56. The number of imidazole rings is 1. The van der Waals surface area contributed by atoms with Gasteiger partial charge in [-0.25, -0.2) is 9.97 Å². The fourth-order valence-electron chi connectivity index (χ4n) is 3.37. The molecular formula is C20H22N4O4. The van der Waals surface area contributed by atoms with Gasteiger partial charge in [0.25, 0.3) is 0 Å². The third kappa shape index (κ3) is 3.33. The molecular weight excluding hydrogens is 360 g/mol. The molecule has 2 atom stereocenters. The Morgan fingerprint density at radius 1 is 1.18 bits per heavy atom. The summed E-state index contributed by atoms with van der Waals surface area (Å²) in [5.41, 5.74) is 3.07. The van der Waals surface area contributed by atoms with E-state index in [9.17, 15) is 4.79 Å². The lowest BCUT2D eigenvalue weighted by molar-refractivity contribution is -0.119. The van der Waals surface area contributed by atoms with Crippen LogP contribution >= 0.6 is 0 Å². The first-order chi connectivity index (χ1) is 13.6. The first-order valence-electron chi connectivity index (χ1n) is 9.09. The number of methoxy groups -OCH3 is 2. The fourth-order valence-corrected chi connectivity index (χ4v) is 3.37. The van der Waals surface area contributed by atoms with E-state index < -0.39 is 0 Å². The molecule has 0 spiro atoms. The number of fused-ring (bicyclic) bond motifs is 1. The lowest BCUT2D eigenvalue weighted by Gasteiger charge is -2.19. The van der Waals surface area contributed by atoms with E-state index in [4.69, 9.17) is 19.2 Å². The molecule has 1 amide bonds. The van der Waals surface area contributed by atoms with Crippen molar-refractivity contribution in [1.29, 1.82) is 0 Å². The van der Waals surface area contributed by atoms with Crippen molar-refractivity contribution < 1.29 is 19.0 Å². The van der Waals surface area contributed by atoms with Crippen LogP contribution in [0.4, 0.5) is 0 Å². The van der Waals surface area contributed by atoms with Crippen LogP contribution in [0.2, 0.25) is 0 Å². The van der Waals surface area contributed by atoms with E-state index in [1.165, 1.54) is 0 Å². The van der Waals surface area contributed by atoms with Gasteiger partial charge in [0.1, 0.15) is 6.10 Å². The standard InChI is InChI=1S/C20H22N4O4/c1-11(13-7-18(25)21-9-13)28-20-19-15(22-10-23-19)8-14(24-20)12-4-5-16(26-2)17(6-12)27-3/h4-6,8,10-11,13H,7,9H2,1-3H3,(H,21,25)(H,22,23)/t11-,13?/m1/s1. The maximum Gasteiger partial charge on any atom is 0.243 e. The molecule has 146 valence electrons. The number of H-pyrrole nitrogens is 1. The second kappa shape index (κ2) is 7.38. The van der Waals surface area contributed by atoms with Gasteiger partial charge in [-0.05, 0) is 31.2 Å². The smallest absolute Gasteiger partial charge is 0.243 e. The highest BCUT2D eigenvalue weighted by Gasteiger charge is 2.29. The second-order valence-corrected chi connectivity index (χ2v) is 6.77. The highest BCUT2D eigenvalue weighted by Crippen LogP contribution is 2.34. The molecule has 3 aromatic rings. The van der Waals surface area contributed by atoms with Crippen LogP contribution in [0.15, 0.2) is 30.6 Å².